The first-order valence-corrected chi connectivity index (χ1v) is 10.2. The molecule has 6 nitrogen and oxygen atoms in total. The van der Waals surface area contributed by atoms with Gasteiger partial charge >= 0.3 is 0 Å². The Morgan fingerprint density at radius 1 is 1.03 bits per heavy atom. The SMILES string of the molecule is Cc1ccc(N2C(=O)C(O)=C(C(=O)c3cc4ccccc4o3)C2c2ccncc2)c(C)c1. The number of carbonyl (C=O) groups excluding carboxylic acids is 2. The lowest BCUT2D eigenvalue weighted by Crippen LogP contribution is -2.31. The van der Waals surface area contributed by atoms with Crippen LogP contribution in [0.1, 0.15) is 33.3 Å². The maximum Gasteiger partial charge on any atom is 0.294 e. The molecule has 0 bridgehead atoms. The van der Waals surface area contributed by atoms with E-state index in [0.717, 1.165) is 16.5 Å². The third kappa shape index (κ3) is 3.08. The highest BCUT2D eigenvalue weighted by molar-refractivity contribution is 6.20. The number of hydrogen-bond acceptors (Lipinski definition) is 5. The monoisotopic (exact) mass is 424 g/mol. The van der Waals surface area contributed by atoms with Crippen molar-refractivity contribution in [1.29, 1.82) is 0 Å². The largest absolute Gasteiger partial charge is 0.503 e. The smallest absolute Gasteiger partial charge is 0.294 e. The van der Waals surface area contributed by atoms with E-state index in [2.05, 4.69) is 4.98 Å². The first-order chi connectivity index (χ1) is 15.5. The van der Waals surface area contributed by atoms with Gasteiger partial charge in [-0.1, -0.05) is 35.9 Å². The van der Waals surface area contributed by atoms with Crippen molar-refractivity contribution in [3.05, 3.63) is 107 Å². The Morgan fingerprint density at radius 2 is 1.78 bits per heavy atom. The number of aliphatic hydroxyl groups excluding tert-OH is 1. The van der Waals surface area contributed by atoms with Gasteiger partial charge in [-0.2, -0.15) is 0 Å². The predicted octanol–water partition coefficient (Wildman–Crippen LogP) is 5.23. The Bertz CT molecular complexity index is 1370. The van der Waals surface area contributed by atoms with E-state index in [1.165, 1.54) is 4.90 Å². The molecule has 6 heteroatoms. The molecule has 5 rings (SSSR count). The van der Waals surface area contributed by atoms with E-state index in [0.29, 0.717) is 16.8 Å². The van der Waals surface area contributed by atoms with Crippen molar-refractivity contribution in [1.82, 2.24) is 4.98 Å². The number of anilines is 1. The average Bonchev–Trinajstić information content (AvgIpc) is 3.34. The Hall–Kier alpha value is -4.19. The molecule has 1 aliphatic rings. The topological polar surface area (TPSA) is 83.6 Å². The molecule has 2 aromatic heterocycles. The van der Waals surface area contributed by atoms with Gasteiger partial charge in [0.05, 0.1) is 11.6 Å². The molecule has 0 saturated heterocycles. The van der Waals surface area contributed by atoms with E-state index in [4.69, 9.17) is 4.42 Å². The number of benzene rings is 2. The van der Waals surface area contributed by atoms with Crippen molar-refractivity contribution in [2.24, 2.45) is 0 Å². The van der Waals surface area contributed by atoms with Crippen LogP contribution in [-0.2, 0) is 4.79 Å². The van der Waals surface area contributed by atoms with Crippen LogP contribution in [0.2, 0.25) is 0 Å². The molecule has 1 amide bonds. The number of rotatable bonds is 4. The number of amides is 1. The lowest BCUT2D eigenvalue weighted by Gasteiger charge is -2.28. The number of ketones is 1. The number of pyridine rings is 1. The second-order valence-corrected chi connectivity index (χ2v) is 7.89. The highest BCUT2D eigenvalue weighted by Crippen LogP contribution is 2.43. The van der Waals surface area contributed by atoms with E-state index < -0.39 is 23.5 Å². The van der Waals surface area contributed by atoms with Crippen molar-refractivity contribution in [2.45, 2.75) is 19.9 Å². The molecule has 158 valence electrons. The van der Waals surface area contributed by atoms with Gasteiger partial charge in [0.2, 0.25) is 5.78 Å². The van der Waals surface area contributed by atoms with E-state index in [1.807, 2.05) is 50.2 Å². The minimum atomic E-state index is -0.812. The van der Waals surface area contributed by atoms with Gasteiger partial charge in [-0.3, -0.25) is 19.5 Å². The highest BCUT2D eigenvalue weighted by Gasteiger charge is 2.45. The summed E-state index contributed by atoms with van der Waals surface area (Å²) in [5.74, 6) is -1.65. The zero-order valence-electron chi connectivity index (χ0n) is 17.6. The summed E-state index contributed by atoms with van der Waals surface area (Å²) in [5.41, 5.74) is 3.75. The number of Topliss-reactive ketones (excluding diaryl/α,β-unsaturated/α-hetero) is 1. The molecule has 1 N–H and O–H groups in total. The van der Waals surface area contributed by atoms with Gasteiger partial charge < -0.3 is 9.52 Å². The second-order valence-electron chi connectivity index (χ2n) is 7.89. The number of aliphatic hydroxyl groups is 1. The fourth-order valence-electron chi connectivity index (χ4n) is 4.25. The molecule has 1 atom stereocenters. The van der Waals surface area contributed by atoms with E-state index in [1.54, 1.807) is 36.7 Å². The third-order valence-corrected chi connectivity index (χ3v) is 5.74. The molecule has 0 aliphatic carbocycles. The fraction of sp³-hybridized carbons (Fsp3) is 0.115. The Labute approximate surface area is 184 Å². The maximum atomic E-state index is 13.6. The number of furan rings is 1. The lowest BCUT2D eigenvalue weighted by atomic mass is 9.95. The van der Waals surface area contributed by atoms with Crippen LogP contribution in [0.5, 0.6) is 0 Å². The normalized spacial score (nSPS) is 16.2. The first kappa shape index (κ1) is 19.8. The van der Waals surface area contributed by atoms with Gasteiger partial charge in [0.1, 0.15) is 5.58 Å². The minimum Gasteiger partial charge on any atom is -0.503 e. The molecule has 1 aliphatic heterocycles. The third-order valence-electron chi connectivity index (χ3n) is 5.74. The molecule has 0 fully saturated rings. The fourth-order valence-corrected chi connectivity index (χ4v) is 4.25. The summed E-state index contributed by atoms with van der Waals surface area (Å²) in [7, 11) is 0. The first-order valence-electron chi connectivity index (χ1n) is 10.2. The molecule has 4 aromatic rings. The van der Waals surface area contributed by atoms with Gasteiger partial charge in [-0.15, -0.1) is 0 Å². The highest BCUT2D eigenvalue weighted by atomic mass is 16.3. The molecule has 32 heavy (non-hydrogen) atoms. The Kier molecular flexibility index (Phi) is 4.63. The predicted molar refractivity (Wildman–Crippen MR) is 121 cm³/mol. The van der Waals surface area contributed by atoms with Crippen LogP contribution < -0.4 is 4.90 Å². The molecular weight excluding hydrogens is 404 g/mol. The van der Waals surface area contributed by atoms with Crippen LogP contribution in [0.4, 0.5) is 5.69 Å². The van der Waals surface area contributed by atoms with Gasteiger partial charge in [0.25, 0.3) is 5.91 Å². The number of para-hydroxylation sites is 1. The number of carbonyl (C=O) groups is 2. The summed E-state index contributed by atoms with van der Waals surface area (Å²) in [6, 6.07) is 17.3. The van der Waals surface area contributed by atoms with Crippen molar-refractivity contribution in [2.75, 3.05) is 4.90 Å². The second kappa shape index (κ2) is 7.50. The molecular formula is C26H20N2O4. The molecule has 1 unspecified atom stereocenters. The van der Waals surface area contributed by atoms with Gasteiger partial charge in [0, 0.05) is 23.5 Å². The van der Waals surface area contributed by atoms with Crippen molar-refractivity contribution < 1.29 is 19.1 Å². The summed E-state index contributed by atoms with van der Waals surface area (Å²) in [6.45, 7) is 3.87. The molecule has 0 spiro atoms. The quantitative estimate of drug-likeness (QED) is 0.454. The molecule has 0 radical (unpaired) electrons. The number of nitrogens with zero attached hydrogens (tertiary/aromatic N) is 2. The number of aryl methyl sites for hydroxylation is 2. The van der Waals surface area contributed by atoms with Crippen LogP contribution in [0.25, 0.3) is 11.0 Å². The van der Waals surface area contributed by atoms with Crippen LogP contribution in [0.15, 0.2) is 88.8 Å². The van der Waals surface area contributed by atoms with E-state index in [-0.39, 0.29) is 11.3 Å². The zero-order valence-corrected chi connectivity index (χ0v) is 17.6. The summed E-state index contributed by atoms with van der Waals surface area (Å²) in [5, 5.41) is 11.7. The van der Waals surface area contributed by atoms with Crippen molar-refractivity contribution >= 4 is 28.3 Å². The molecule has 0 saturated carbocycles. The Morgan fingerprint density at radius 3 is 2.50 bits per heavy atom. The number of hydrogen-bond donors (Lipinski definition) is 1. The molecule has 3 heterocycles. The van der Waals surface area contributed by atoms with Gasteiger partial charge in [-0.05, 0) is 55.3 Å². The zero-order chi connectivity index (χ0) is 22.4. The summed E-state index contributed by atoms with van der Waals surface area (Å²) in [4.78, 5) is 32.4. The molecule has 2 aromatic carbocycles. The van der Waals surface area contributed by atoms with Crippen molar-refractivity contribution in [3.63, 3.8) is 0 Å². The van der Waals surface area contributed by atoms with Gasteiger partial charge in [-0.25, -0.2) is 0 Å². The number of fused-ring (bicyclic) bond motifs is 1. The summed E-state index contributed by atoms with van der Waals surface area (Å²) < 4.78 is 5.75. The standard InChI is InChI=1S/C26H20N2O4/c1-15-7-8-19(16(2)13-15)28-23(17-9-11-27-12-10-17)22(25(30)26(28)31)24(29)21-14-18-5-3-4-6-20(18)32-21/h3-14,23,30H,1-2H3. The van der Waals surface area contributed by atoms with Gasteiger partial charge in [0.15, 0.2) is 11.5 Å². The minimum absolute atomic E-state index is 0.0137. The number of aromatic nitrogens is 1. The van der Waals surface area contributed by atoms with Crippen LogP contribution in [0.3, 0.4) is 0 Å². The van der Waals surface area contributed by atoms with E-state index >= 15 is 0 Å². The Balaban J connectivity index is 1.67. The van der Waals surface area contributed by atoms with Crippen molar-refractivity contribution in [3.8, 4) is 0 Å². The van der Waals surface area contributed by atoms with Crippen LogP contribution in [-0.4, -0.2) is 21.8 Å². The lowest BCUT2D eigenvalue weighted by molar-refractivity contribution is -0.117. The maximum absolute atomic E-state index is 13.6. The summed E-state index contributed by atoms with van der Waals surface area (Å²) >= 11 is 0. The van der Waals surface area contributed by atoms with Crippen LogP contribution >= 0.6 is 0 Å². The van der Waals surface area contributed by atoms with E-state index in [9.17, 15) is 14.7 Å². The summed E-state index contributed by atoms with van der Waals surface area (Å²) in [6.07, 6.45) is 3.19. The van der Waals surface area contributed by atoms with Crippen LogP contribution in [0, 0.1) is 13.8 Å². The average molecular weight is 424 g/mol.